The van der Waals surface area contributed by atoms with Crippen molar-refractivity contribution >= 4 is 11.6 Å². The fourth-order valence-electron chi connectivity index (χ4n) is 2.17. The molecule has 1 aromatic heterocycles. The summed E-state index contributed by atoms with van der Waals surface area (Å²) >= 11 is 0. The lowest BCUT2D eigenvalue weighted by Gasteiger charge is -2.18. The minimum absolute atomic E-state index is 0.239. The van der Waals surface area contributed by atoms with E-state index in [0.717, 1.165) is 25.2 Å². The second kappa shape index (κ2) is 5.16. The van der Waals surface area contributed by atoms with Gasteiger partial charge in [0, 0.05) is 24.6 Å². The molecular weight excluding hydrogens is 240 g/mol. The van der Waals surface area contributed by atoms with Gasteiger partial charge in [-0.1, -0.05) is 6.07 Å². The lowest BCUT2D eigenvalue weighted by atomic mass is 10.0. The molecule has 3 rings (SSSR count). The molecule has 1 aliphatic rings. The number of hydrogen-bond acceptors (Lipinski definition) is 4. The molecule has 0 unspecified atom stereocenters. The zero-order chi connectivity index (χ0) is 13.1. The first-order chi connectivity index (χ1) is 9.33. The van der Waals surface area contributed by atoms with Crippen molar-refractivity contribution in [2.75, 3.05) is 11.9 Å². The van der Waals surface area contributed by atoms with Gasteiger partial charge >= 0.3 is 0 Å². The van der Waals surface area contributed by atoms with Crippen molar-refractivity contribution in [3.8, 4) is 0 Å². The third-order valence-electron chi connectivity index (χ3n) is 3.15. The maximum atomic E-state index is 12.0. The van der Waals surface area contributed by atoms with Gasteiger partial charge in [-0.3, -0.25) is 9.78 Å². The van der Waals surface area contributed by atoms with E-state index in [-0.39, 0.29) is 5.91 Å². The van der Waals surface area contributed by atoms with Crippen LogP contribution in [0, 0.1) is 0 Å². The highest BCUT2D eigenvalue weighted by Gasteiger charge is 2.11. The second-order valence-electron chi connectivity index (χ2n) is 4.46. The van der Waals surface area contributed by atoms with E-state index < -0.39 is 0 Å². The molecule has 96 valence electrons. The number of benzene rings is 1. The molecule has 2 aromatic rings. The van der Waals surface area contributed by atoms with Crippen LogP contribution in [0.2, 0.25) is 0 Å². The van der Waals surface area contributed by atoms with Crippen LogP contribution < -0.4 is 10.6 Å². The van der Waals surface area contributed by atoms with Crippen LogP contribution in [0.4, 0.5) is 5.69 Å². The number of nitrogens with zero attached hydrogens (tertiary/aromatic N) is 2. The van der Waals surface area contributed by atoms with E-state index >= 15 is 0 Å². The molecular formula is C14H14N4O. The van der Waals surface area contributed by atoms with Gasteiger partial charge in [0.25, 0.3) is 5.91 Å². The van der Waals surface area contributed by atoms with E-state index in [0.29, 0.717) is 5.69 Å². The number of hydrogen-bond donors (Lipinski definition) is 2. The SMILES string of the molecule is O=C(Nc1ccc2c(c1)CNCC2)c1cnccn1. The Bertz CT molecular complexity index is 598. The number of nitrogens with one attached hydrogen (secondary N) is 2. The normalized spacial score (nSPS) is 13.7. The number of aromatic nitrogens is 2. The molecule has 2 N–H and O–H groups in total. The summed E-state index contributed by atoms with van der Waals surface area (Å²) in [6, 6.07) is 6.01. The van der Waals surface area contributed by atoms with Crippen LogP contribution in [-0.4, -0.2) is 22.4 Å². The zero-order valence-corrected chi connectivity index (χ0v) is 10.4. The topological polar surface area (TPSA) is 66.9 Å². The minimum Gasteiger partial charge on any atom is -0.321 e. The zero-order valence-electron chi connectivity index (χ0n) is 10.4. The van der Waals surface area contributed by atoms with Gasteiger partial charge < -0.3 is 10.6 Å². The van der Waals surface area contributed by atoms with Crippen molar-refractivity contribution in [1.82, 2.24) is 15.3 Å². The third-order valence-corrected chi connectivity index (χ3v) is 3.15. The molecule has 0 radical (unpaired) electrons. The first-order valence-corrected chi connectivity index (χ1v) is 6.23. The molecule has 0 spiro atoms. The average molecular weight is 254 g/mol. The molecule has 1 amide bonds. The fourth-order valence-corrected chi connectivity index (χ4v) is 2.17. The van der Waals surface area contributed by atoms with E-state index in [1.54, 1.807) is 6.20 Å². The summed E-state index contributed by atoms with van der Waals surface area (Å²) in [6.45, 7) is 1.86. The predicted molar refractivity (Wildman–Crippen MR) is 71.8 cm³/mol. The Morgan fingerprint density at radius 3 is 3.05 bits per heavy atom. The fraction of sp³-hybridized carbons (Fsp3) is 0.214. The molecule has 5 heteroatoms. The molecule has 0 atom stereocenters. The quantitative estimate of drug-likeness (QED) is 0.849. The summed E-state index contributed by atoms with van der Waals surface area (Å²) in [5.74, 6) is -0.239. The Labute approximate surface area is 111 Å². The Morgan fingerprint density at radius 2 is 2.21 bits per heavy atom. The van der Waals surface area contributed by atoms with Gasteiger partial charge in [0.05, 0.1) is 6.20 Å². The number of carbonyl (C=O) groups excluding carboxylic acids is 1. The van der Waals surface area contributed by atoms with Crippen molar-refractivity contribution in [2.24, 2.45) is 0 Å². The molecule has 0 aliphatic carbocycles. The van der Waals surface area contributed by atoms with E-state index in [1.807, 2.05) is 12.1 Å². The lowest BCUT2D eigenvalue weighted by Crippen LogP contribution is -2.23. The number of rotatable bonds is 2. The Balaban J connectivity index is 1.78. The number of amides is 1. The van der Waals surface area contributed by atoms with Gasteiger partial charge in [-0.05, 0) is 36.2 Å². The summed E-state index contributed by atoms with van der Waals surface area (Å²) in [7, 11) is 0. The van der Waals surface area contributed by atoms with Gasteiger partial charge in [0.15, 0.2) is 0 Å². The Hall–Kier alpha value is -2.27. The molecule has 0 saturated carbocycles. The molecule has 2 heterocycles. The number of anilines is 1. The smallest absolute Gasteiger partial charge is 0.275 e. The van der Waals surface area contributed by atoms with E-state index in [2.05, 4.69) is 26.7 Å². The predicted octanol–water partition coefficient (Wildman–Crippen LogP) is 1.37. The lowest BCUT2D eigenvalue weighted by molar-refractivity contribution is 0.102. The number of carbonyl (C=O) groups is 1. The summed E-state index contributed by atoms with van der Waals surface area (Å²) < 4.78 is 0. The summed E-state index contributed by atoms with van der Waals surface area (Å²) in [5, 5.41) is 6.16. The van der Waals surface area contributed by atoms with E-state index in [1.165, 1.54) is 23.5 Å². The molecule has 1 aromatic carbocycles. The highest BCUT2D eigenvalue weighted by Crippen LogP contribution is 2.19. The van der Waals surface area contributed by atoms with Crippen molar-refractivity contribution in [3.63, 3.8) is 0 Å². The molecule has 5 nitrogen and oxygen atoms in total. The van der Waals surface area contributed by atoms with E-state index in [4.69, 9.17) is 0 Å². The van der Waals surface area contributed by atoms with Gasteiger partial charge in [0.2, 0.25) is 0 Å². The monoisotopic (exact) mass is 254 g/mol. The van der Waals surface area contributed by atoms with Crippen LogP contribution in [0.5, 0.6) is 0 Å². The van der Waals surface area contributed by atoms with Crippen molar-refractivity contribution in [2.45, 2.75) is 13.0 Å². The molecule has 0 fully saturated rings. The van der Waals surface area contributed by atoms with Gasteiger partial charge in [-0.25, -0.2) is 4.98 Å². The van der Waals surface area contributed by atoms with Crippen molar-refractivity contribution in [1.29, 1.82) is 0 Å². The van der Waals surface area contributed by atoms with Gasteiger partial charge in [-0.2, -0.15) is 0 Å². The first-order valence-electron chi connectivity index (χ1n) is 6.23. The first kappa shape index (κ1) is 11.8. The molecule has 1 aliphatic heterocycles. The van der Waals surface area contributed by atoms with Crippen LogP contribution in [0.25, 0.3) is 0 Å². The van der Waals surface area contributed by atoms with Crippen LogP contribution in [0.3, 0.4) is 0 Å². The molecule has 0 saturated heterocycles. The highest BCUT2D eigenvalue weighted by molar-refractivity contribution is 6.02. The Kier molecular flexibility index (Phi) is 3.20. The highest BCUT2D eigenvalue weighted by atomic mass is 16.1. The average Bonchev–Trinajstić information content (AvgIpc) is 2.48. The summed E-state index contributed by atoms with van der Waals surface area (Å²) in [5.41, 5.74) is 3.69. The van der Waals surface area contributed by atoms with Crippen LogP contribution in [0.1, 0.15) is 21.6 Å². The van der Waals surface area contributed by atoms with Crippen LogP contribution >= 0.6 is 0 Å². The number of fused-ring (bicyclic) bond motifs is 1. The summed E-state index contributed by atoms with van der Waals surface area (Å²) in [4.78, 5) is 19.8. The van der Waals surface area contributed by atoms with Crippen molar-refractivity contribution in [3.05, 3.63) is 53.6 Å². The largest absolute Gasteiger partial charge is 0.321 e. The van der Waals surface area contributed by atoms with Crippen LogP contribution in [0.15, 0.2) is 36.8 Å². The van der Waals surface area contributed by atoms with Crippen molar-refractivity contribution < 1.29 is 4.79 Å². The maximum Gasteiger partial charge on any atom is 0.275 e. The summed E-state index contributed by atoms with van der Waals surface area (Å²) in [6.07, 6.45) is 5.54. The van der Waals surface area contributed by atoms with E-state index in [9.17, 15) is 4.79 Å². The standard InChI is InChI=1S/C14H14N4O/c19-14(13-9-16-5-6-17-13)18-12-2-1-10-3-4-15-8-11(10)7-12/h1-2,5-7,9,15H,3-4,8H2,(H,18,19). The third kappa shape index (κ3) is 2.61. The van der Waals surface area contributed by atoms with Crippen LogP contribution in [-0.2, 0) is 13.0 Å². The van der Waals surface area contributed by atoms with Gasteiger partial charge in [0.1, 0.15) is 5.69 Å². The second-order valence-corrected chi connectivity index (χ2v) is 4.46. The minimum atomic E-state index is -0.239. The molecule has 19 heavy (non-hydrogen) atoms. The Morgan fingerprint density at radius 1 is 1.26 bits per heavy atom. The molecule has 0 bridgehead atoms. The van der Waals surface area contributed by atoms with Gasteiger partial charge in [-0.15, -0.1) is 0 Å². The maximum absolute atomic E-state index is 12.0.